The zero-order valence-corrected chi connectivity index (χ0v) is 34.0. The molecular formula is C57H45N3O. The zero-order valence-electron chi connectivity index (χ0n) is 34.0. The van der Waals surface area contributed by atoms with E-state index in [4.69, 9.17) is 19.4 Å². The summed E-state index contributed by atoms with van der Waals surface area (Å²) in [6.07, 6.45) is 39.2. The van der Waals surface area contributed by atoms with Gasteiger partial charge in [0.05, 0.1) is 28.9 Å². The summed E-state index contributed by atoms with van der Waals surface area (Å²) in [7, 11) is 0. The monoisotopic (exact) mass is 787 g/mol. The minimum absolute atomic E-state index is 0.00186. The fourth-order valence-electron chi connectivity index (χ4n) is 11.2. The van der Waals surface area contributed by atoms with Crippen molar-refractivity contribution in [1.29, 1.82) is 0 Å². The van der Waals surface area contributed by atoms with Crippen LogP contribution in [0.3, 0.4) is 0 Å². The third-order valence-corrected chi connectivity index (χ3v) is 14.4. The molecule has 6 atom stereocenters. The zero-order chi connectivity index (χ0) is 40.0. The average molecular weight is 788 g/mol. The van der Waals surface area contributed by atoms with Crippen molar-refractivity contribution in [2.75, 3.05) is 0 Å². The average Bonchev–Trinajstić information content (AvgIpc) is 3.72. The summed E-state index contributed by atoms with van der Waals surface area (Å²) in [4.78, 5) is 16.0. The second kappa shape index (κ2) is 14.0. The predicted molar refractivity (Wildman–Crippen MR) is 252 cm³/mol. The molecule has 2 aromatic heterocycles. The maximum absolute atomic E-state index is 6.60. The molecular weight excluding hydrogens is 743 g/mol. The number of fused-ring (bicyclic) bond motifs is 13. The molecule has 0 spiro atoms. The van der Waals surface area contributed by atoms with Gasteiger partial charge in [-0.3, -0.25) is 15.0 Å². The molecule has 4 aromatic carbocycles. The molecule has 5 aliphatic carbocycles. The number of hydrogen-bond donors (Lipinski definition) is 0. The lowest BCUT2D eigenvalue weighted by Crippen LogP contribution is -2.26. The fraction of sp³-hybridized carbons (Fsp3) is 0.211. The van der Waals surface area contributed by atoms with E-state index in [1.165, 1.54) is 73.4 Å². The van der Waals surface area contributed by atoms with Gasteiger partial charge in [0.15, 0.2) is 0 Å². The molecule has 4 nitrogen and oxygen atoms in total. The van der Waals surface area contributed by atoms with Crippen LogP contribution in [0.1, 0.15) is 88.8 Å². The standard InChI is InChI=1S/C57H45N3O/c1-2-8-35(9-3-1)49-30-24-37-18-19-38-25-31-50(59-56(38)55(37)58-49)42-23-27-44-41(33-42)21-20-40-32-39(22-26-43(40)44)34-14-16-36(17-15-34)54-48-29-28-46-45-10-5-7-13-52(45)61-57(46)53(48)47-11-4-6-12-51(47)60-54/h4-8,10-14,16-31,33-34,38-39,47,51,56H,1-3,9,15,32H2. The number of furan rings is 1. The molecule has 6 aromatic rings. The minimum atomic E-state index is 0.00186. The Morgan fingerprint density at radius 2 is 1.61 bits per heavy atom. The van der Waals surface area contributed by atoms with Gasteiger partial charge in [-0.2, -0.15) is 0 Å². The van der Waals surface area contributed by atoms with Gasteiger partial charge in [0.2, 0.25) is 0 Å². The molecule has 0 saturated carbocycles. The van der Waals surface area contributed by atoms with Crippen molar-refractivity contribution in [3.8, 4) is 0 Å². The van der Waals surface area contributed by atoms with Gasteiger partial charge in [-0.15, -0.1) is 0 Å². The fourth-order valence-corrected chi connectivity index (χ4v) is 11.2. The van der Waals surface area contributed by atoms with E-state index in [0.29, 0.717) is 11.8 Å². The lowest BCUT2D eigenvalue weighted by molar-refractivity contribution is 0.471. The second-order valence-corrected chi connectivity index (χ2v) is 17.9. The summed E-state index contributed by atoms with van der Waals surface area (Å²) in [6, 6.07) is 29.0. The normalized spacial score (nSPS) is 25.6. The quantitative estimate of drug-likeness (QED) is 0.179. The Bertz CT molecular complexity index is 3190. The van der Waals surface area contributed by atoms with E-state index in [2.05, 4.69) is 164 Å². The van der Waals surface area contributed by atoms with Crippen molar-refractivity contribution in [3.63, 3.8) is 0 Å². The number of aromatic nitrogens is 1. The van der Waals surface area contributed by atoms with Crippen LogP contribution in [-0.4, -0.2) is 22.4 Å². The Morgan fingerprint density at radius 1 is 0.689 bits per heavy atom. The number of rotatable bonds is 4. The smallest absolute Gasteiger partial charge is 0.139 e. The first-order valence-corrected chi connectivity index (χ1v) is 22.3. The summed E-state index contributed by atoms with van der Waals surface area (Å²) >= 11 is 0. The Balaban J connectivity index is 0.754. The number of hydrogen-bond acceptors (Lipinski definition) is 4. The Morgan fingerprint density at radius 3 is 2.54 bits per heavy atom. The van der Waals surface area contributed by atoms with E-state index in [9.17, 15) is 0 Å². The van der Waals surface area contributed by atoms with Gasteiger partial charge >= 0.3 is 0 Å². The highest BCUT2D eigenvalue weighted by molar-refractivity contribution is 6.19. The van der Waals surface area contributed by atoms with Crippen LogP contribution in [0.2, 0.25) is 0 Å². The summed E-state index contributed by atoms with van der Waals surface area (Å²) in [5.74, 6) is 1.27. The Hall–Kier alpha value is -6.65. The first kappa shape index (κ1) is 35.1. The number of allylic oxidation sites excluding steroid dienone is 10. The first-order chi connectivity index (χ1) is 30.2. The first-order valence-electron chi connectivity index (χ1n) is 22.3. The molecule has 13 rings (SSSR count). The molecule has 0 bridgehead atoms. The Labute approximate surface area is 356 Å². The summed E-state index contributed by atoms with van der Waals surface area (Å²) in [5.41, 5.74) is 16.5. The van der Waals surface area contributed by atoms with Crippen molar-refractivity contribution >= 4 is 61.9 Å². The van der Waals surface area contributed by atoms with Crippen molar-refractivity contribution in [2.24, 2.45) is 27.7 Å². The van der Waals surface area contributed by atoms with Gasteiger partial charge in [0.1, 0.15) is 17.2 Å². The largest absolute Gasteiger partial charge is 0.456 e. The van der Waals surface area contributed by atoms with Crippen molar-refractivity contribution in [2.45, 2.75) is 56.5 Å². The summed E-state index contributed by atoms with van der Waals surface area (Å²) < 4.78 is 6.60. The molecule has 4 heterocycles. The molecule has 6 unspecified atom stereocenters. The van der Waals surface area contributed by atoms with Crippen LogP contribution in [0.25, 0.3) is 50.4 Å². The van der Waals surface area contributed by atoms with Gasteiger partial charge in [-0.25, -0.2) is 0 Å². The molecule has 61 heavy (non-hydrogen) atoms. The lowest BCUT2D eigenvalue weighted by Gasteiger charge is -2.32. The van der Waals surface area contributed by atoms with Crippen LogP contribution in [0.5, 0.6) is 0 Å². The lowest BCUT2D eigenvalue weighted by atomic mass is 9.75. The number of pyridine rings is 1. The SMILES string of the molecule is C1=CC2N=C(C3=CCC(C4C=Cc5c(ccc6cc(C7=NC8c9nc(C%10=CCCCC%10)ccc9C=CC8C=C7)ccc56)C4)C=C3)c3ccc4c(oc5ccccc54)c3C2C=C1. The number of nitrogens with zero attached hydrogens (tertiary/aromatic N) is 3. The highest BCUT2D eigenvalue weighted by atomic mass is 16.3. The second-order valence-electron chi connectivity index (χ2n) is 17.9. The van der Waals surface area contributed by atoms with Crippen LogP contribution < -0.4 is 0 Å². The van der Waals surface area contributed by atoms with E-state index in [-0.39, 0.29) is 23.9 Å². The van der Waals surface area contributed by atoms with Gasteiger partial charge in [0, 0.05) is 39.3 Å². The third kappa shape index (κ3) is 5.75. The number of aliphatic imine (C=N–C) groups is 2. The minimum Gasteiger partial charge on any atom is -0.456 e. The molecule has 0 fully saturated rings. The molecule has 0 amide bonds. The number of benzene rings is 4. The maximum atomic E-state index is 6.60. The van der Waals surface area contributed by atoms with E-state index in [0.717, 1.165) is 65.2 Å². The molecule has 4 heteroatoms. The molecule has 0 N–H and O–H groups in total. The Kier molecular flexibility index (Phi) is 8.04. The number of dihydropyridines is 1. The highest BCUT2D eigenvalue weighted by Crippen LogP contribution is 2.45. The van der Waals surface area contributed by atoms with E-state index < -0.39 is 0 Å². The van der Waals surface area contributed by atoms with Crippen LogP contribution in [0.15, 0.2) is 172 Å². The van der Waals surface area contributed by atoms with Gasteiger partial charge in [0.25, 0.3) is 0 Å². The maximum Gasteiger partial charge on any atom is 0.139 e. The van der Waals surface area contributed by atoms with Crippen molar-refractivity contribution < 1.29 is 4.42 Å². The molecule has 0 saturated heterocycles. The van der Waals surface area contributed by atoms with Crippen molar-refractivity contribution in [1.82, 2.24) is 4.98 Å². The molecule has 7 aliphatic rings. The number of para-hydroxylation sites is 1. The highest BCUT2D eigenvalue weighted by Gasteiger charge is 2.35. The van der Waals surface area contributed by atoms with Gasteiger partial charge in [-0.05, 0) is 119 Å². The van der Waals surface area contributed by atoms with Crippen molar-refractivity contribution in [3.05, 3.63) is 202 Å². The van der Waals surface area contributed by atoms with Crippen LogP contribution in [0, 0.1) is 17.8 Å². The summed E-state index contributed by atoms with van der Waals surface area (Å²) in [5, 5.41) is 4.92. The van der Waals surface area contributed by atoms with Crippen LogP contribution in [-0.2, 0) is 6.42 Å². The van der Waals surface area contributed by atoms with E-state index in [1.807, 2.05) is 0 Å². The van der Waals surface area contributed by atoms with Gasteiger partial charge in [-0.1, -0.05) is 134 Å². The van der Waals surface area contributed by atoms with Crippen LogP contribution in [0.4, 0.5) is 0 Å². The predicted octanol–water partition coefficient (Wildman–Crippen LogP) is 13.6. The summed E-state index contributed by atoms with van der Waals surface area (Å²) in [6.45, 7) is 0. The van der Waals surface area contributed by atoms with E-state index in [1.54, 1.807) is 0 Å². The topological polar surface area (TPSA) is 50.8 Å². The molecule has 0 radical (unpaired) electrons. The molecule has 2 aliphatic heterocycles. The van der Waals surface area contributed by atoms with Gasteiger partial charge < -0.3 is 4.42 Å². The molecule has 294 valence electrons. The third-order valence-electron chi connectivity index (χ3n) is 14.4. The van der Waals surface area contributed by atoms with Crippen LogP contribution >= 0.6 is 0 Å². The van der Waals surface area contributed by atoms with E-state index >= 15 is 0 Å².